The van der Waals surface area contributed by atoms with Crippen LogP contribution in [-0.2, 0) is 6.42 Å². The zero-order valence-electron chi connectivity index (χ0n) is 16.0. The predicted octanol–water partition coefficient (Wildman–Crippen LogP) is 4.37. The third-order valence-corrected chi connectivity index (χ3v) is 5.07. The number of aryl methyl sites for hydroxylation is 2. The van der Waals surface area contributed by atoms with Crippen molar-refractivity contribution in [2.24, 2.45) is 0 Å². The van der Waals surface area contributed by atoms with Crippen LogP contribution in [0.25, 0.3) is 0 Å². The van der Waals surface area contributed by atoms with Gasteiger partial charge >= 0.3 is 0 Å². The van der Waals surface area contributed by atoms with Crippen LogP contribution in [0.15, 0.2) is 30.3 Å². The largest absolute Gasteiger partial charge is 0.354 e. The van der Waals surface area contributed by atoms with Crippen molar-refractivity contribution in [1.29, 1.82) is 0 Å². The average molecular weight is 352 g/mol. The number of aromatic nitrogens is 2. The topological polar surface area (TPSA) is 58.1 Å². The van der Waals surface area contributed by atoms with Crippen LogP contribution in [0.3, 0.4) is 0 Å². The molecule has 1 aliphatic heterocycles. The van der Waals surface area contributed by atoms with E-state index in [2.05, 4.69) is 34.0 Å². The summed E-state index contributed by atoms with van der Waals surface area (Å²) in [6.45, 7) is 7.17. The molecule has 0 aliphatic carbocycles. The second kappa shape index (κ2) is 8.30. The van der Waals surface area contributed by atoms with Crippen molar-refractivity contribution in [1.82, 2.24) is 9.97 Å². The van der Waals surface area contributed by atoms with Crippen molar-refractivity contribution in [2.75, 3.05) is 16.8 Å². The number of nitrogens with one attached hydrogen (secondary N) is 1. The SMILES string of the molecule is CCc1ccc(NC(=O)c2cc(N3CCCCC3CC)nc(C)n2)cc1. The quantitative estimate of drug-likeness (QED) is 0.868. The molecule has 3 rings (SSSR count). The van der Waals surface area contributed by atoms with Gasteiger partial charge in [-0.05, 0) is 56.7 Å². The molecule has 1 N–H and O–H groups in total. The Morgan fingerprint density at radius 1 is 1.19 bits per heavy atom. The highest BCUT2D eigenvalue weighted by Gasteiger charge is 2.23. The molecule has 1 amide bonds. The van der Waals surface area contributed by atoms with Crippen LogP contribution in [0.5, 0.6) is 0 Å². The first kappa shape index (κ1) is 18.4. The number of carbonyl (C=O) groups is 1. The Morgan fingerprint density at radius 2 is 1.96 bits per heavy atom. The predicted molar refractivity (Wildman–Crippen MR) is 106 cm³/mol. The lowest BCUT2D eigenvalue weighted by Crippen LogP contribution is -2.40. The van der Waals surface area contributed by atoms with E-state index in [4.69, 9.17) is 0 Å². The number of carbonyl (C=O) groups excluding carboxylic acids is 1. The first-order valence-corrected chi connectivity index (χ1v) is 9.63. The molecule has 1 fully saturated rings. The number of rotatable bonds is 5. The number of hydrogen-bond donors (Lipinski definition) is 1. The molecule has 1 atom stereocenters. The molecule has 2 aromatic rings. The molecule has 1 unspecified atom stereocenters. The van der Waals surface area contributed by atoms with Gasteiger partial charge in [0, 0.05) is 24.3 Å². The van der Waals surface area contributed by atoms with Crippen LogP contribution in [0.4, 0.5) is 11.5 Å². The number of hydrogen-bond acceptors (Lipinski definition) is 4. The third kappa shape index (κ3) is 4.21. The molecular formula is C21H28N4O. The highest BCUT2D eigenvalue weighted by Crippen LogP contribution is 2.25. The Labute approximate surface area is 155 Å². The van der Waals surface area contributed by atoms with Crippen molar-refractivity contribution < 1.29 is 4.79 Å². The van der Waals surface area contributed by atoms with Crippen LogP contribution >= 0.6 is 0 Å². The average Bonchev–Trinajstić information content (AvgIpc) is 2.68. The fourth-order valence-electron chi connectivity index (χ4n) is 3.56. The molecule has 0 bridgehead atoms. The highest BCUT2D eigenvalue weighted by atomic mass is 16.1. The van der Waals surface area contributed by atoms with Gasteiger partial charge in [-0.1, -0.05) is 26.0 Å². The zero-order chi connectivity index (χ0) is 18.5. The van der Waals surface area contributed by atoms with E-state index >= 15 is 0 Å². The summed E-state index contributed by atoms with van der Waals surface area (Å²) in [5, 5.41) is 2.94. The monoisotopic (exact) mass is 352 g/mol. The fraction of sp³-hybridized carbons (Fsp3) is 0.476. The van der Waals surface area contributed by atoms with Crippen molar-refractivity contribution >= 4 is 17.4 Å². The van der Waals surface area contributed by atoms with Gasteiger partial charge in [0.15, 0.2) is 0 Å². The standard InChI is InChI=1S/C21H28N4O/c1-4-16-9-11-17(12-10-16)24-21(26)19-14-20(23-15(3)22-19)25-13-7-6-8-18(25)5-2/h9-12,14,18H,4-8,13H2,1-3H3,(H,24,26). The van der Waals surface area contributed by atoms with E-state index in [0.717, 1.165) is 30.9 Å². The summed E-state index contributed by atoms with van der Waals surface area (Å²) in [5.41, 5.74) is 2.46. The molecule has 1 saturated heterocycles. The summed E-state index contributed by atoms with van der Waals surface area (Å²) in [7, 11) is 0. The van der Waals surface area contributed by atoms with E-state index in [9.17, 15) is 4.79 Å². The van der Waals surface area contributed by atoms with Crippen LogP contribution in [0.2, 0.25) is 0 Å². The van der Waals surface area contributed by atoms with Crippen molar-refractivity contribution in [3.8, 4) is 0 Å². The molecule has 2 heterocycles. The van der Waals surface area contributed by atoms with Crippen LogP contribution < -0.4 is 10.2 Å². The Hall–Kier alpha value is -2.43. The van der Waals surface area contributed by atoms with Gasteiger partial charge in [0.25, 0.3) is 5.91 Å². The summed E-state index contributed by atoms with van der Waals surface area (Å²) >= 11 is 0. The molecule has 1 aliphatic rings. The molecular weight excluding hydrogens is 324 g/mol. The van der Waals surface area contributed by atoms with E-state index in [1.807, 2.05) is 37.3 Å². The van der Waals surface area contributed by atoms with Gasteiger partial charge in [-0.25, -0.2) is 9.97 Å². The summed E-state index contributed by atoms with van der Waals surface area (Å²) in [6.07, 6.45) is 5.70. The molecule has 0 spiro atoms. The lowest BCUT2D eigenvalue weighted by atomic mass is 10.00. The molecule has 0 radical (unpaired) electrons. The minimum atomic E-state index is -0.189. The highest BCUT2D eigenvalue weighted by molar-refractivity contribution is 6.03. The minimum absolute atomic E-state index is 0.189. The number of piperidine rings is 1. The first-order chi connectivity index (χ1) is 12.6. The third-order valence-electron chi connectivity index (χ3n) is 5.07. The zero-order valence-corrected chi connectivity index (χ0v) is 16.0. The van der Waals surface area contributed by atoms with E-state index in [1.54, 1.807) is 0 Å². The van der Waals surface area contributed by atoms with Crippen LogP contribution in [-0.4, -0.2) is 28.5 Å². The number of benzene rings is 1. The smallest absolute Gasteiger partial charge is 0.274 e. The van der Waals surface area contributed by atoms with Gasteiger partial charge in [0.2, 0.25) is 0 Å². The normalized spacial score (nSPS) is 17.2. The maximum Gasteiger partial charge on any atom is 0.274 e. The van der Waals surface area contributed by atoms with Gasteiger partial charge < -0.3 is 10.2 Å². The second-order valence-electron chi connectivity index (χ2n) is 6.91. The number of nitrogens with zero attached hydrogens (tertiary/aromatic N) is 3. The van der Waals surface area contributed by atoms with Crippen LogP contribution in [0.1, 0.15) is 61.4 Å². The maximum atomic E-state index is 12.7. The van der Waals surface area contributed by atoms with Gasteiger partial charge in [-0.15, -0.1) is 0 Å². The summed E-state index contributed by atoms with van der Waals surface area (Å²) in [6, 6.07) is 10.3. The fourth-order valence-corrected chi connectivity index (χ4v) is 3.56. The minimum Gasteiger partial charge on any atom is -0.354 e. The summed E-state index contributed by atoms with van der Waals surface area (Å²) in [5.74, 6) is 1.32. The van der Waals surface area contributed by atoms with Gasteiger partial charge in [0.1, 0.15) is 17.3 Å². The van der Waals surface area contributed by atoms with Gasteiger partial charge in [-0.2, -0.15) is 0 Å². The van der Waals surface area contributed by atoms with E-state index in [1.165, 1.54) is 24.8 Å². The van der Waals surface area contributed by atoms with Crippen molar-refractivity contribution in [2.45, 2.75) is 58.9 Å². The van der Waals surface area contributed by atoms with E-state index in [-0.39, 0.29) is 5.91 Å². The molecule has 1 aromatic carbocycles. The molecule has 1 aromatic heterocycles. The maximum absolute atomic E-state index is 12.7. The molecule has 138 valence electrons. The van der Waals surface area contributed by atoms with Crippen molar-refractivity contribution in [3.63, 3.8) is 0 Å². The Balaban J connectivity index is 1.80. The van der Waals surface area contributed by atoms with E-state index in [0.29, 0.717) is 17.6 Å². The molecule has 0 saturated carbocycles. The van der Waals surface area contributed by atoms with Crippen molar-refractivity contribution in [3.05, 3.63) is 47.4 Å². The first-order valence-electron chi connectivity index (χ1n) is 9.63. The summed E-state index contributed by atoms with van der Waals surface area (Å²) in [4.78, 5) is 24.0. The number of anilines is 2. The molecule has 5 nitrogen and oxygen atoms in total. The Bertz CT molecular complexity index is 757. The van der Waals surface area contributed by atoms with E-state index < -0.39 is 0 Å². The number of amides is 1. The molecule has 5 heteroatoms. The van der Waals surface area contributed by atoms with Crippen LogP contribution in [0, 0.1) is 6.92 Å². The lowest BCUT2D eigenvalue weighted by Gasteiger charge is -2.36. The Morgan fingerprint density at radius 3 is 2.65 bits per heavy atom. The Kier molecular flexibility index (Phi) is 5.86. The summed E-state index contributed by atoms with van der Waals surface area (Å²) < 4.78 is 0. The van der Waals surface area contributed by atoms with Gasteiger partial charge in [0.05, 0.1) is 0 Å². The second-order valence-corrected chi connectivity index (χ2v) is 6.91. The van der Waals surface area contributed by atoms with Gasteiger partial charge in [-0.3, -0.25) is 4.79 Å². The molecule has 26 heavy (non-hydrogen) atoms. The lowest BCUT2D eigenvalue weighted by molar-refractivity contribution is 0.102.